The first-order chi connectivity index (χ1) is 9.85. The molecule has 3 aliphatic rings. The van der Waals surface area contributed by atoms with Crippen LogP contribution in [0.15, 0.2) is 18.2 Å². The average Bonchev–Trinajstić information content (AvgIpc) is 2.90. The maximum absolute atomic E-state index is 5.64. The molecule has 2 aliphatic carbocycles. The molecule has 108 valence electrons. The van der Waals surface area contributed by atoms with E-state index in [1.807, 2.05) is 0 Å². The maximum atomic E-state index is 5.64. The Balaban J connectivity index is 1.56. The van der Waals surface area contributed by atoms with Crippen molar-refractivity contribution >= 4 is 0 Å². The number of rotatable bonds is 5. The van der Waals surface area contributed by atoms with Gasteiger partial charge in [-0.25, -0.2) is 0 Å². The molecule has 1 aliphatic heterocycles. The molecule has 20 heavy (non-hydrogen) atoms. The van der Waals surface area contributed by atoms with Gasteiger partial charge in [-0.1, -0.05) is 19.1 Å². The SMILES string of the molecule is CCCNC(c1ccc2c(c1)CCO2)C1CC2CC2C1. The van der Waals surface area contributed by atoms with E-state index in [2.05, 4.69) is 30.4 Å². The summed E-state index contributed by atoms with van der Waals surface area (Å²) >= 11 is 0. The Hall–Kier alpha value is -1.02. The fourth-order valence-corrected chi connectivity index (χ4v) is 4.29. The Morgan fingerprint density at radius 1 is 1.25 bits per heavy atom. The quantitative estimate of drug-likeness (QED) is 0.881. The minimum atomic E-state index is 0.564. The second kappa shape index (κ2) is 5.07. The Kier molecular flexibility index (Phi) is 3.22. The maximum Gasteiger partial charge on any atom is 0.122 e. The van der Waals surface area contributed by atoms with E-state index in [1.54, 1.807) is 0 Å². The van der Waals surface area contributed by atoms with Crippen molar-refractivity contribution < 1.29 is 4.74 Å². The van der Waals surface area contributed by atoms with E-state index in [0.29, 0.717) is 6.04 Å². The zero-order valence-electron chi connectivity index (χ0n) is 12.4. The number of nitrogens with one attached hydrogen (secondary N) is 1. The van der Waals surface area contributed by atoms with Gasteiger partial charge in [0.15, 0.2) is 0 Å². The van der Waals surface area contributed by atoms with Crippen molar-refractivity contribution in [2.75, 3.05) is 13.2 Å². The highest BCUT2D eigenvalue weighted by molar-refractivity contribution is 5.41. The molecule has 0 amide bonds. The fourth-order valence-electron chi connectivity index (χ4n) is 4.29. The van der Waals surface area contributed by atoms with Gasteiger partial charge >= 0.3 is 0 Å². The van der Waals surface area contributed by atoms with Crippen LogP contribution in [0.1, 0.15) is 49.8 Å². The topological polar surface area (TPSA) is 21.3 Å². The van der Waals surface area contributed by atoms with Crippen molar-refractivity contribution in [3.05, 3.63) is 29.3 Å². The van der Waals surface area contributed by atoms with Gasteiger partial charge < -0.3 is 10.1 Å². The molecule has 1 N–H and O–H groups in total. The van der Waals surface area contributed by atoms with E-state index in [0.717, 1.165) is 43.1 Å². The number of fused-ring (bicyclic) bond motifs is 2. The van der Waals surface area contributed by atoms with Crippen molar-refractivity contribution in [2.45, 2.75) is 45.1 Å². The van der Waals surface area contributed by atoms with Crippen molar-refractivity contribution in [1.82, 2.24) is 5.32 Å². The normalized spacial score (nSPS) is 31.6. The third-order valence-corrected chi connectivity index (χ3v) is 5.44. The van der Waals surface area contributed by atoms with Gasteiger partial charge in [-0.2, -0.15) is 0 Å². The molecule has 1 aromatic rings. The first-order valence-electron chi connectivity index (χ1n) is 8.34. The Morgan fingerprint density at radius 3 is 2.90 bits per heavy atom. The third kappa shape index (κ3) is 2.24. The van der Waals surface area contributed by atoms with Crippen LogP contribution in [0, 0.1) is 17.8 Å². The van der Waals surface area contributed by atoms with Gasteiger partial charge in [0, 0.05) is 12.5 Å². The molecule has 3 unspecified atom stereocenters. The van der Waals surface area contributed by atoms with E-state index in [4.69, 9.17) is 4.74 Å². The number of hydrogen-bond acceptors (Lipinski definition) is 2. The molecule has 1 heterocycles. The summed E-state index contributed by atoms with van der Waals surface area (Å²) in [4.78, 5) is 0. The molecule has 2 saturated carbocycles. The van der Waals surface area contributed by atoms with Crippen molar-refractivity contribution in [2.24, 2.45) is 17.8 Å². The molecule has 3 atom stereocenters. The van der Waals surface area contributed by atoms with Gasteiger partial charge in [0.2, 0.25) is 0 Å². The smallest absolute Gasteiger partial charge is 0.122 e. The standard InChI is InChI=1S/C18H25NO/c1-2-6-19-18(16-10-14-9-15(14)11-16)13-3-4-17-12(8-13)5-7-20-17/h3-4,8,14-16,18-19H,2,5-7,9-11H2,1H3. The highest BCUT2D eigenvalue weighted by Crippen LogP contribution is 2.57. The van der Waals surface area contributed by atoms with Gasteiger partial charge in [-0.15, -0.1) is 0 Å². The van der Waals surface area contributed by atoms with Gasteiger partial charge in [-0.3, -0.25) is 0 Å². The molecule has 1 aromatic carbocycles. The zero-order valence-corrected chi connectivity index (χ0v) is 12.4. The Labute approximate surface area is 121 Å². The Morgan fingerprint density at radius 2 is 2.10 bits per heavy atom. The molecular formula is C18H25NO. The van der Waals surface area contributed by atoms with Crippen LogP contribution in [0.2, 0.25) is 0 Å². The summed E-state index contributed by atoms with van der Waals surface area (Å²) in [5.74, 6) is 4.08. The van der Waals surface area contributed by atoms with Crippen molar-refractivity contribution in [1.29, 1.82) is 0 Å². The molecule has 0 spiro atoms. The summed E-state index contributed by atoms with van der Waals surface area (Å²) in [7, 11) is 0. The highest BCUT2D eigenvalue weighted by atomic mass is 16.5. The van der Waals surface area contributed by atoms with Crippen molar-refractivity contribution in [3.8, 4) is 5.75 Å². The van der Waals surface area contributed by atoms with E-state index in [1.165, 1.54) is 36.8 Å². The second-order valence-corrected chi connectivity index (χ2v) is 6.88. The van der Waals surface area contributed by atoms with E-state index >= 15 is 0 Å². The monoisotopic (exact) mass is 271 g/mol. The largest absolute Gasteiger partial charge is 0.493 e. The minimum Gasteiger partial charge on any atom is -0.493 e. The zero-order chi connectivity index (χ0) is 13.5. The predicted octanol–water partition coefficient (Wildman–Crippen LogP) is 3.71. The second-order valence-electron chi connectivity index (χ2n) is 6.88. The summed E-state index contributed by atoms with van der Waals surface area (Å²) in [6, 6.07) is 7.45. The molecule has 2 nitrogen and oxygen atoms in total. The minimum absolute atomic E-state index is 0.564. The van der Waals surface area contributed by atoms with Crippen molar-refractivity contribution in [3.63, 3.8) is 0 Å². The summed E-state index contributed by atoms with van der Waals surface area (Å²) < 4.78 is 5.64. The van der Waals surface area contributed by atoms with Gasteiger partial charge in [-0.05, 0) is 67.2 Å². The summed E-state index contributed by atoms with van der Waals surface area (Å²) in [6.07, 6.45) is 6.69. The first kappa shape index (κ1) is 12.7. The predicted molar refractivity (Wildman–Crippen MR) is 81.0 cm³/mol. The van der Waals surface area contributed by atoms with Crippen LogP contribution in [0.25, 0.3) is 0 Å². The van der Waals surface area contributed by atoms with Crippen LogP contribution >= 0.6 is 0 Å². The fraction of sp³-hybridized carbons (Fsp3) is 0.667. The van der Waals surface area contributed by atoms with Gasteiger partial charge in [0.25, 0.3) is 0 Å². The van der Waals surface area contributed by atoms with Crippen LogP contribution in [-0.4, -0.2) is 13.2 Å². The molecule has 4 rings (SSSR count). The summed E-state index contributed by atoms with van der Waals surface area (Å²) in [5.41, 5.74) is 2.91. The van der Waals surface area contributed by atoms with Crippen LogP contribution in [-0.2, 0) is 6.42 Å². The lowest BCUT2D eigenvalue weighted by atomic mass is 9.88. The molecule has 0 bridgehead atoms. The van der Waals surface area contributed by atoms with Crippen LogP contribution in [0.4, 0.5) is 0 Å². The lowest BCUT2D eigenvalue weighted by Crippen LogP contribution is -2.28. The van der Waals surface area contributed by atoms with Crippen LogP contribution < -0.4 is 10.1 Å². The highest BCUT2D eigenvalue weighted by Gasteiger charge is 2.48. The summed E-state index contributed by atoms with van der Waals surface area (Å²) in [5, 5.41) is 3.82. The van der Waals surface area contributed by atoms with Crippen LogP contribution in [0.3, 0.4) is 0 Å². The molecule has 0 radical (unpaired) electrons. The molecular weight excluding hydrogens is 246 g/mol. The average molecular weight is 271 g/mol. The van der Waals surface area contributed by atoms with Gasteiger partial charge in [0.1, 0.15) is 5.75 Å². The number of ether oxygens (including phenoxy) is 1. The number of benzene rings is 1. The number of hydrogen-bond donors (Lipinski definition) is 1. The molecule has 2 fully saturated rings. The lowest BCUT2D eigenvalue weighted by molar-refractivity contribution is 0.341. The molecule has 0 aromatic heterocycles. The van der Waals surface area contributed by atoms with E-state index in [9.17, 15) is 0 Å². The lowest BCUT2D eigenvalue weighted by Gasteiger charge is -2.27. The van der Waals surface area contributed by atoms with Gasteiger partial charge in [0.05, 0.1) is 6.61 Å². The van der Waals surface area contributed by atoms with E-state index in [-0.39, 0.29) is 0 Å². The molecule has 0 saturated heterocycles. The molecule has 2 heteroatoms. The Bertz CT molecular complexity index is 488. The first-order valence-corrected chi connectivity index (χ1v) is 8.34. The summed E-state index contributed by atoms with van der Waals surface area (Å²) in [6.45, 7) is 4.25. The van der Waals surface area contributed by atoms with E-state index < -0.39 is 0 Å². The third-order valence-electron chi connectivity index (χ3n) is 5.44. The van der Waals surface area contributed by atoms with Crippen LogP contribution in [0.5, 0.6) is 5.75 Å².